The van der Waals surface area contributed by atoms with Crippen LogP contribution in [0.4, 0.5) is 13.2 Å². The summed E-state index contributed by atoms with van der Waals surface area (Å²) in [5.74, 6) is 0.645. The predicted octanol–water partition coefficient (Wildman–Crippen LogP) is 3.28. The van der Waals surface area contributed by atoms with Gasteiger partial charge in [0.25, 0.3) is 0 Å². The number of hydrogen-bond acceptors (Lipinski definition) is 2. The maximum Gasteiger partial charge on any atom is 0.435 e. The Morgan fingerprint density at radius 3 is 2.32 bits per heavy atom. The van der Waals surface area contributed by atoms with Gasteiger partial charge in [-0.25, -0.2) is 0 Å². The summed E-state index contributed by atoms with van der Waals surface area (Å²) in [4.78, 5) is 14.3. The van der Waals surface area contributed by atoms with Gasteiger partial charge in [0.15, 0.2) is 5.69 Å². The van der Waals surface area contributed by atoms with Gasteiger partial charge in [0.05, 0.1) is 0 Å². The van der Waals surface area contributed by atoms with Crippen LogP contribution >= 0.6 is 0 Å². The summed E-state index contributed by atoms with van der Waals surface area (Å²) in [6, 6.07) is 0.249. The Labute approximate surface area is 128 Å². The molecule has 22 heavy (non-hydrogen) atoms. The van der Waals surface area contributed by atoms with E-state index in [1.54, 1.807) is 11.8 Å². The van der Waals surface area contributed by atoms with Crippen molar-refractivity contribution in [2.45, 2.75) is 46.3 Å². The molecule has 0 saturated carbocycles. The van der Waals surface area contributed by atoms with Gasteiger partial charge in [-0.3, -0.25) is 9.48 Å². The summed E-state index contributed by atoms with van der Waals surface area (Å²) in [7, 11) is 0. The highest BCUT2D eigenvalue weighted by Crippen LogP contribution is 2.30. The average molecular weight is 317 g/mol. The van der Waals surface area contributed by atoms with E-state index in [1.807, 2.05) is 0 Å². The topological polar surface area (TPSA) is 38.1 Å². The first-order valence-corrected chi connectivity index (χ1v) is 7.51. The SMILES string of the molecule is Cc1cc(C(F)(F)F)nn1[C@H](C)C(=O)N1C[C@H](C)C[C@H](C)C1. The molecule has 1 aliphatic heterocycles. The Hall–Kier alpha value is -1.53. The number of alkyl halides is 3. The third-order valence-electron chi connectivity index (χ3n) is 4.12. The molecule has 0 aromatic carbocycles. The third kappa shape index (κ3) is 3.44. The molecule has 0 N–H and O–H groups in total. The van der Waals surface area contributed by atoms with Crippen LogP contribution in [0.25, 0.3) is 0 Å². The maximum absolute atomic E-state index is 12.7. The Balaban J connectivity index is 2.19. The normalized spacial score (nSPS) is 24.4. The van der Waals surface area contributed by atoms with Crippen molar-refractivity contribution in [2.75, 3.05) is 13.1 Å². The van der Waals surface area contributed by atoms with E-state index in [1.165, 1.54) is 11.6 Å². The van der Waals surface area contributed by atoms with E-state index in [0.717, 1.165) is 12.5 Å². The molecule has 0 radical (unpaired) electrons. The van der Waals surface area contributed by atoms with E-state index in [9.17, 15) is 18.0 Å². The number of nitrogens with zero attached hydrogens (tertiary/aromatic N) is 3. The van der Waals surface area contributed by atoms with Crippen molar-refractivity contribution in [1.82, 2.24) is 14.7 Å². The summed E-state index contributed by atoms with van der Waals surface area (Å²) >= 11 is 0. The highest BCUT2D eigenvalue weighted by molar-refractivity contribution is 5.80. The number of carbonyl (C=O) groups excluding carboxylic acids is 1. The summed E-state index contributed by atoms with van der Waals surface area (Å²) in [6.45, 7) is 8.61. The molecule has 7 heteroatoms. The molecular weight excluding hydrogens is 295 g/mol. The number of rotatable bonds is 2. The lowest BCUT2D eigenvalue weighted by atomic mass is 9.91. The number of carbonyl (C=O) groups is 1. The number of aromatic nitrogens is 2. The largest absolute Gasteiger partial charge is 0.435 e. The van der Waals surface area contributed by atoms with E-state index >= 15 is 0 Å². The molecule has 1 saturated heterocycles. The number of halogens is 3. The second-order valence-corrected chi connectivity index (χ2v) is 6.48. The van der Waals surface area contributed by atoms with Gasteiger partial charge in [-0.2, -0.15) is 18.3 Å². The van der Waals surface area contributed by atoms with E-state index in [-0.39, 0.29) is 5.91 Å². The molecule has 3 atom stereocenters. The Kier molecular flexibility index (Phi) is 4.54. The molecule has 0 aliphatic carbocycles. The van der Waals surface area contributed by atoms with Gasteiger partial charge >= 0.3 is 6.18 Å². The Morgan fingerprint density at radius 2 is 1.86 bits per heavy atom. The fraction of sp³-hybridized carbons (Fsp3) is 0.733. The molecule has 1 amide bonds. The molecule has 0 spiro atoms. The lowest BCUT2D eigenvalue weighted by Crippen LogP contribution is -2.45. The van der Waals surface area contributed by atoms with Crippen molar-refractivity contribution < 1.29 is 18.0 Å². The van der Waals surface area contributed by atoms with Crippen molar-refractivity contribution in [1.29, 1.82) is 0 Å². The zero-order valence-corrected chi connectivity index (χ0v) is 13.3. The minimum atomic E-state index is -4.49. The van der Waals surface area contributed by atoms with Crippen LogP contribution < -0.4 is 0 Å². The first-order valence-electron chi connectivity index (χ1n) is 7.51. The van der Waals surface area contributed by atoms with Crippen LogP contribution in [-0.2, 0) is 11.0 Å². The minimum absolute atomic E-state index is 0.168. The highest BCUT2D eigenvalue weighted by atomic mass is 19.4. The van der Waals surface area contributed by atoms with Crippen LogP contribution in [0.3, 0.4) is 0 Å². The molecule has 0 unspecified atom stereocenters. The van der Waals surface area contributed by atoms with Crippen molar-refractivity contribution in [2.24, 2.45) is 11.8 Å². The van der Waals surface area contributed by atoms with Gasteiger partial charge in [0, 0.05) is 18.8 Å². The van der Waals surface area contributed by atoms with Gasteiger partial charge in [-0.05, 0) is 38.2 Å². The molecule has 1 aromatic rings. The lowest BCUT2D eigenvalue weighted by molar-refractivity contribution is -0.143. The van der Waals surface area contributed by atoms with Crippen LogP contribution in [-0.4, -0.2) is 33.7 Å². The molecule has 2 heterocycles. The van der Waals surface area contributed by atoms with Gasteiger partial charge in [0.1, 0.15) is 6.04 Å². The first kappa shape index (κ1) is 16.8. The van der Waals surface area contributed by atoms with E-state index < -0.39 is 17.9 Å². The summed E-state index contributed by atoms with van der Waals surface area (Å²) in [5.41, 5.74) is -0.615. The summed E-state index contributed by atoms with van der Waals surface area (Å²) in [5, 5.41) is 3.58. The van der Waals surface area contributed by atoms with Gasteiger partial charge in [0.2, 0.25) is 5.91 Å². The molecule has 1 aromatic heterocycles. The zero-order valence-electron chi connectivity index (χ0n) is 13.3. The zero-order chi connectivity index (χ0) is 16.7. The van der Waals surface area contributed by atoms with Crippen molar-refractivity contribution in [3.63, 3.8) is 0 Å². The van der Waals surface area contributed by atoms with Gasteiger partial charge in [-0.1, -0.05) is 13.8 Å². The van der Waals surface area contributed by atoms with E-state index in [4.69, 9.17) is 0 Å². The van der Waals surface area contributed by atoms with Crippen molar-refractivity contribution in [3.05, 3.63) is 17.5 Å². The predicted molar refractivity (Wildman–Crippen MR) is 76.2 cm³/mol. The Bertz CT molecular complexity index is 543. The molecule has 0 bridgehead atoms. The molecular formula is C15H22F3N3O. The van der Waals surface area contributed by atoms with Gasteiger partial charge in [-0.15, -0.1) is 0 Å². The fourth-order valence-electron chi connectivity index (χ4n) is 3.23. The second kappa shape index (κ2) is 5.93. The lowest BCUT2D eigenvalue weighted by Gasteiger charge is -2.36. The van der Waals surface area contributed by atoms with Crippen LogP contribution in [0, 0.1) is 18.8 Å². The monoisotopic (exact) mass is 317 g/mol. The Morgan fingerprint density at radius 1 is 1.32 bits per heavy atom. The number of aryl methyl sites for hydroxylation is 1. The van der Waals surface area contributed by atoms with E-state index in [0.29, 0.717) is 30.6 Å². The first-order chi connectivity index (χ1) is 10.1. The van der Waals surface area contributed by atoms with Crippen LogP contribution in [0.5, 0.6) is 0 Å². The minimum Gasteiger partial charge on any atom is -0.340 e. The average Bonchev–Trinajstić information content (AvgIpc) is 2.78. The van der Waals surface area contributed by atoms with Crippen LogP contribution in [0.15, 0.2) is 6.07 Å². The second-order valence-electron chi connectivity index (χ2n) is 6.48. The molecule has 2 rings (SSSR count). The summed E-state index contributed by atoms with van der Waals surface area (Å²) in [6.07, 6.45) is -3.43. The van der Waals surface area contributed by atoms with Crippen molar-refractivity contribution >= 4 is 5.91 Å². The molecule has 4 nitrogen and oxygen atoms in total. The van der Waals surface area contributed by atoms with Crippen LogP contribution in [0.1, 0.15) is 44.6 Å². The third-order valence-corrected chi connectivity index (χ3v) is 4.12. The number of hydrogen-bond donors (Lipinski definition) is 0. The number of likely N-dealkylation sites (tertiary alicyclic amines) is 1. The quantitative estimate of drug-likeness (QED) is 0.839. The standard InChI is InChI=1S/C15H22F3N3O/c1-9-5-10(2)8-20(7-9)14(22)12(4)21-11(3)6-13(19-21)15(16,17)18/h6,9-10,12H,5,7-8H2,1-4H3/t9-,10+,12-/m1/s1. The van der Waals surface area contributed by atoms with Crippen molar-refractivity contribution in [3.8, 4) is 0 Å². The van der Waals surface area contributed by atoms with Crippen LogP contribution in [0.2, 0.25) is 0 Å². The molecule has 1 fully saturated rings. The number of piperidine rings is 1. The summed E-state index contributed by atoms with van der Waals surface area (Å²) < 4.78 is 39.4. The van der Waals surface area contributed by atoms with E-state index in [2.05, 4.69) is 18.9 Å². The molecule has 1 aliphatic rings. The van der Waals surface area contributed by atoms with Gasteiger partial charge < -0.3 is 4.90 Å². The fourth-order valence-corrected chi connectivity index (χ4v) is 3.23. The number of amides is 1. The smallest absolute Gasteiger partial charge is 0.340 e. The highest BCUT2D eigenvalue weighted by Gasteiger charge is 2.36. The maximum atomic E-state index is 12.7. The molecule has 124 valence electrons.